The number of ether oxygens (including phenoxy) is 1. The Balaban J connectivity index is 2.11. The number of hydrogen-bond donors (Lipinski definition) is 2. The third-order valence-corrected chi connectivity index (χ3v) is 2.47. The molecule has 0 aliphatic carbocycles. The van der Waals surface area contributed by atoms with Gasteiger partial charge in [-0.2, -0.15) is 0 Å². The largest absolute Gasteiger partial charge is 0.478 e. The lowest BCUT2D eigenvalue weighted by molar-refractivity contribution is 0.0695. The van der Waals surface area contributed by atoms with E-state index < -0.39 is 5.97 Å². The van der Waals surface area contributed by atoms with Crippen LogP contribution >= 0.6 is 0 Å². The Hall–Kier alpha value is -1.69. The molecule has 1 aliphatic heterocycles. The van der Waals surface area contributed by atoms with Gasteiger partial charge in [0.05, 0.1) is 23.9 Å². The predicted molar refractivity (Wildman–Crippen MR) is 56.6 cm³/mol. The lowest BCUT2D eigenvalue weighted by Gasteiger charge is -2.10. The molecule has 0 saturated carbocycles. The predicted octanol–water partition coefficient (Wildman–Crippen LogP) is 0.684. The Bertz CT molecular complexity index is 402. The van der Waals surface area contributed by atoms with E-state index in [0.717, 1.165) is 13.0 Å². The molecule has 6 heteroatoms. The molecule has 86 valence electrons. The molecule has 0 aromatic carbocycles. The number of carboxylic acid groups (broad SMARTS) is 1. The van der Waals surface area contributed by atoms with Gasteiger partial charge in [0.2, 0.25) is 5.95 Å². The second kappa shape index (κ2) is 4.44. The zero-order valence-electron chi connectivity index (χ0n) is 8.93. The van der Waals surface area contributed by atoms with Gasteiger partial charge in [-0.15, -0.1) is 0 Å². The number of rotatable bonds is 3. The van der Waals surface area contributed by atoms with Crippen molar-refractivity contribution in [3.63, 3.8) is 0 Å². The Kier molecular flexibility index (Phi) is 3.00. The Morgan fingerprint density at radius 2 is 2.50 bits per heavy atom. The van der Waals surface area contributed by atoms with Crippen LogP contribution in [0.3, 0.4) is 0 Å². The van der Waals surface area contributed by atoms with E-state index in [1.807, 2.05) is 0 Å². The van der Waals surface area contributed by atoms with Crippen molar-refractivity contribution >= 4 is 11.9 Å². The van der Waals surface area contributed by atoms with Crippen molar-refractivity contribution in [3.05, 3.63) is 17.5 Å². The van der Waals surface area contributed by atoms with Crippen molar-refractivity contribution in [2.75, 3.05) is 18.5 Å². The molecule has 1 atom stereocenters. The summed E-state index contributed by atoms with van der Waals surface area (Å²) in [7, 11) is 0. The molecule has 0 amide bonds. The van der Waals surface area contributed by atoms with Gasteiger partial charge in [0.1, 0.15) is 0 Å². The third-order valence-electron chi connectivity index (χ3n) is 2.47. The van der Waals surface area contributed by atoms with E-state index in [0.29, 0.717) is 18.2 Å². The second-order valence-electron chi connectivity index (χ2n) is 3.70. The summed E-state index contributed by atoms with van der Waals surface area (Å²) in [6.07, 6.45) is 2.24. The van der Waals surface area contributed by atoms with Crippen molar-refractivity contribution in [1.82, 2.24) is 9.97 Å². The summed E-state index contributed by atoms with van der Waals surface area (Å²) in [5.41, 5.74) is 0.595. The number of aromatic nitrogens is 2. The summed E-state index contributed by atoms with van der Waals surface area (Å²) in [4.78, 5) is 18.8. The molecule has 2 heterocycles. The zero-order chi connectivity index (χ0) is 11.5. The van der Waals surface area contributed by atoms with Crippen LogP contribution in [0.25, 0.3) is 0 Å². The van der Waals surface area contributed by atoms with Gasteiger partial charge in [-0.25, -0.2) is 14.8 Å². The molecule has 1 aromatic heterocycles. The number of anilines is 1. The average molecular weight is 223 g/mol. The van der Waals surface area contributed by atoms with Crippen LogP contribution in [0, 0.1) is 6.92 Å². The summed E-state index contributed by atoms with van der Waals surface area (Å²) in [6.45, 7) is 3.04. The monoisotopic (exact) mass is 223 g/mol. The highest BCUT2D eigenvalue weighted by Crippen LogP contribution is 2.11. The highest BCUT2D eigenvalue weighted by atomic mass is 16.5. The van der Waals surface area contributed by atoms with Crippen LogP contribution in [0.15, 0.2) is 6.20 Å². The van der Waals surface area contributed by atoms with E-state index in [1.165, 1.54) is 6.20 Å². The third kappa shape index (κ3) is 2.27. The fraction of sp³-hybridized carbons (Fsp3) is 0.500. The highest BCUT2D eigenvalue weighted by Gasteiger charge is 2.17. The van der Waals surface area contributed by atoms with Crippen molar-refractivity contribution in [3.8, 4) is 0 Å². The second-order valence-corrected chi connectivity index (χ2v) is 3.70. The molecule has 1 fully saturated rings. The molecule has 0 radical (unpaired) electrons. The first kappa shape index (κ1) is 10.8. The van der Waals surface area contributed by atoms with Gasteiger partial charge in [-0.1, -0.05) is 0 Å². The Labute approximate surface area is 92.7 Å². The summed E-state index contributed by atoms with van der Waals surface area (Å²) in [6, 6.07) is 0.218. The maximum absolute atomic E-state index is 10.8. The molecule has 16 heavy (non-hydrogen) atoms. The van der Waals surface area contributed by atoms with Gasteiger partial charge in [0.25, 0.3) is 0 Å². The lowest BCUT2D eigenvalue weighted by Crippen LogP contribution is -2.21. The van der Waals surface area contributed by atoms with Crippen molar-refractivity contribution in [2.24, 2.45) is 0 Å². The smallest absolute Gasteiger partial charge is 0.339 e. The highest BCUT2D eigenvalue weighted by molar-refractivity contribution is 5.88. The topological polar surface area (TPSA) is 84.3 Å². The van der Waals surface area contributed by atoms with Gasteiger partial charge in [-0.05, 0) is 13.3 Å². The van der Waals surface area contributed by atoms with E-state index in [4.69, 9.17) is 9.84 Å². The summed E-state index contributed by atoms with van der Waals surface area (Å²) >= 11 is 0. The minimum atomic E-state index is -1.01. The SMILES string of the molecule is Cc1nc(NC2CCOC2)ncc1C(=O)O. The number of nitrogens with zero attached hydrogens (tertiary/aromatic N) is 2. The van der Waals surface area contributed by atoms with Crippen LogP contribution in [0.5, 0.6) is 0 Å². The maximum atomic E-state index is 10.8. The Morgan fingerprint density at radius 3 is 3.06 bits per heavy atom. The molecule has 1 unspecified atom stereocenters. The van der Waals surface area contributed by atoms with Gasteiger partial charge in [0.15, 0.2) is 0 Å². The quantitative estimate of drug-likeness (QED) is 0.784. The van der Waals surface area contributed by atoms with E-state index in [-0.39, 0.29) is 11.6 Å². The van der Waals surface area contributed by atoms with Crippen LogP contribution in [-0.4, -0.2) is 40.3 Å². The summed E-state index contributed by atoms with van der Waals surface area (Å²) < 4.78 is 5.21. The first-order valence-corrected chi connectivity index (χ1v) is 5.08. The molecule has 1 aromatic rings. The van der Waals surface area contributed by atoms with Crippen LogP contribution in [0.1, 0.15) is 22.5 Å². The first-order chi connectivity index (χ1) is 7.66. The number of nitrogens with one attached hydrogen (secondary N) is 1. The molecule has 1 saturated heterocycles. The molecule has 1 aliphatic rings. The van der Waals surface area contributed by atoms with Crippen LogP contribution in [0.4, 0.5) is 5.95 Å². The summed E-state index contributed by atoms with van der Waals surface area (Å²) in [5, 5.41) is 11.9. The van der Waals surface area contributed by atoms with Gasteiger partial charge in [0, 0.05) is 12.8 Å². The van der Waals surface area contributed by atoms with Crippen molar-refractivity contribution < 1.29 is 14.6 Å². The van der Waals surface area contributed by atoms with E-state index in [1.54, 1.807) is 6.92 Å². The average Bonchev–Trinajstić information content (AvgIpc) is 2.70. The molecule has 0 spiro atoms. The van der Waals surface area contributed by atoms with Crippen LogP contribution < -0.4 is 5.32 Å². The van der Waals surface area contributed by atoms with Gasteiger partial charge < -0.3 is 15.2 Å². The minimum Gasteiger partial charge on any atom is -0.478 e. The number of carboxylic acids is 1. The normalized spacial score (nSPS) is 19.7. The van der Waals surface area contributed by atoms with Crippen LogP contribution in [-0.2, 0) is 4.74 Å². The van der Waals surface area contributed by atoms with E-state index >= 15 is 0 Å². The molecule has 6 nitrogen and oxygen atoms in total. The number of carbonyl (C=O) groups is 1. The van der Waals surface area contributed by atoms with Crippen LogP contribution in [0.2, 0.25) is 0 Å². The number of aryl methyl sites for hydroxylation is 1. The molecule has 2 rings (SSSR count). The minimum absolute atomic E-state index is 0.133. The molecular formula is C10H13N3O3. The van der Waals surface area contributed by atoms with Crippen molar-refractivity contribution in [2.45, 2.75) is 19.4 Å². The standard InChI is InChI=1S/C10H13N3O3/c1-6-8(9(14)15)4-11-10(12-6)13-7-2-3-16-5-7/h4,7H,2-3,5H2,1H3,(H,14,15)(H,11,12,13). The summed E-state index contributed by atoms with van der Waals surface area (Å²) in [5.74, 6) is -0.550. The van der Waals surface area contributed by atoms with E-state index in [9.17, 15) is 4.79 Å². The maximum Gasteiger partial charge on any atom is 0.339 e. The van der Waals surface area contributed by atoms with E-state index in [2.05, 4.69) is 15.3 Å². The van der Waals surface area contributed by atoms with Gasteiger partial charge in [-0.3, -0.25) is 0 Å². The fourth-order valence-electron chi connectivity index (χ4n) is 1.58. The number of aromatic carboxylic acids is 1. The molecular weight excluding hydrogens is 210 g/mol. The molecule has 2 N–H and O–H groups in total. The van der Waals surface area contributed by atoms with Crippen molar-refractivity contribution in [1.29, 1.82) is 0 Å². The number of hydrogen-bond acceptors (Lipinski definition) is 5. The first-order valence-electron chi connectivity index (χ1n) is 5.08. The van der Waals surface area contributed by atoms with Gasteiger partial charge >= 0.3 is 5.97 Å². The molecule has 0 bridgehead atoms. The zero-order valence-corrected chi connectivity index (χ0v) is 8.93. The fourth-order valence-corrected chi connectivity index (χ4v) is 1.58. The Morgan fingerprint density at radius 1 is 1.69 bits per heavy atom. The lowest BCUT2D eigenvalue weighted by atomic mass is 10.2.